The maximum absolute atomic E-state index is 13.4. The number of nitrogens with one attached hydrogen (secondary N) is 1. The summed E-state index contributed by atoms with van der Waals surface area (Å²) in [6.07, 6.45) is 0.567. The summed E-state index contributed by atoms with van der Waals surface area (Å²) in [6.45, 7) is 1.13. The van der Waals surface area contributed by atoms with Gasteiger partial charge in [0.1, 0.15) is 0 Å². The first-order valence-electron chi connectivity index (χ1n) is 8.59. The highest BCUT2D eigenvalue weighted by Gasteiger charge is 2.35. The summed E-state index contributed by atoms with van der Waals surface area (Å²) >= 11 is 0. The molecule has 6 nitrogen and oxygen atoms in total. The van der Waals surface area contributed by atoms with Crippen molar-refractivity contribution in [2.45, 2.75) is 51.2 Å². The molecule has 0 aromatic carbocycles. The van der Waals surface area contributed by atoms with Gasteiger partial charge in [0.2, 0.25) is 5.88 Å². The molecule has 0 bridgehead atoms. The first-order valence-corrected chi connectivity index (χ1v) is 8.59. The van der Waals surface area contributed by atoms with E-state index in [9.17, 15) is 18.0 Å². The van der Waals surface area contributed by atoms with Crippen LogP contribution in [-0.2, 0) is 18.0 Å². The number of aromatic nitrogens is 3. The summed E-state index contributed by atoms with van der Waals surface area (Å²) in [7, 11) is 1.52. The Bertz CT molecular complexity index is 810. The van der Waals surface area contributed by atoms with Crippen molar-refractivity contribution in [2.24, 2.45) is 7.05 Å². The van der Waals surface area contributed by atoms with Gasteiger partial charge in [-0.3, -0.25) is 9.48 Å². The Balaban J connectivity index is 1.77. The lowest BCUT2D eigenvalue weighted by Crippen LogP contribution is -2.39. The predicted molar refractivity (Wildman–Crippen MR) is 88.8 cm³/mol. The zero-order valence-corrected chi connectivity index (χ0v) is 14.7. The summed E-state index contributed by atoms with van der Waals surface area (Å²) in [6, 6.07) is 0.936. The summed E-state index contributed by atoms with van der Waals surface area (Å²) in [4.78, 5) is 16.1. The van der Waals surface area contributed by atoms with Gasteiger partial charge in [0.15, 0.2) is 12.3 Å². The van der Waals surface area contributed by atoms with E-state index >= 15 is 0 Å². The lowest BCUT2D eigenvalue weighted by Gasteiger charge is -2.22. The van der Waals surface area contributed by atoms with E-state index in [1.165, 1.54) is 18.7 Å². The molecule has 1 amide bonds. The van der Waals surface area contributed by atoms with E-state index in [0.29, 0.717) is 0 Å². The van der Waals surface area contributed by atoms with Crippen LogP contribution in [0.5, 0.6) is 5.88 Å². The van der Waals surface area contributed by atoms with Gasteiger partial charge in [0, 0.05) is 19.2 Å². The average molecular weight is 370 g/mol. The molecule has 9 heteroatoms. The number of pyridine rings is 1. The maximum atomic E-state index is 13.4. The van der Waals surface area contributed by atoms with E-state index in [-0.39, 0.29) is 41.2 Å². The monoisotopic (exact) mass is 370 g/mol. The van der Waals surface area contributed by atoms with Crippen molar-refractivity contribution in [1.82, 2.24) is 20.1 Å². The third kappa shape index (κ3) is 3.91. The van der Waals surface area contributed by atoms with Gasteiger partial charge >= 0.3 is 6.18 Å². The molecular weight excluding hydrogens is 349 g/mol. The topological polar surface area (TPSA) is 69.0 Å². The molecule has 0 atom stereocenters. The van der Waals surface area contributed by atoms with Crippen molar-refractivity contribution in [3.05, 3.63) is 17.3 Å². The van der Waals surface area contributed by atoms with Gasteiger partial charge in [-0.1, -0.05) is 19.3 Å². The minimum atomic E-state index is -4.57. The molecule has 2 heterocycles. The van der Waals surface area contributed by atoms with Crippen LogP contribution in [0.3, 0.4) is 0 Å². The number of halogens is 3. The Morgan fingerprint density at radius 2 is 2.04 bits per heavy atom. The molecule has 0 radical (unpaired) electrons. The fourth-order valence-corrected chi connectivity index (χ4v) is 3.38. The number of carbonyl (C=O) groups excluding carboxylic acids is 1. The highest BCUT2D eigenvalue weighted by Crippen LogP contribution is 2.37. The van der Waals surface area contributed by atoms with E-state index < -0.39 is 11.7 Å². The highest BCUT2D eigenvalue weighted by molar-refractivity contribution is 5.83. The number of fused-ring (bicyclic) bond motifs is 1. The Kier molecular flexibility index (Phi) is 5.06. The molecule has 1 aliphatic rings. The first-order chi connectivity index (χ1) is 12.3. The normalized spacial score (nSPS) is 16.0. The van der Waals surface area contributed by atoms with E-state index in [1.807, 2.05) is 0 Å². The van der Waals surface area contributed by atoms with Crippen LogP contribution in [0.15, 0.2) is 6.07 Å². The standard InChI is InChI=1S/C17H21F3N4O2/c1-10-15-12(17(18,19)20)8-14(22-16(15)24(2)23-10)26-9-13(25)21-11-6-4-3-5-7-11/h8,11H,3-7,9H2,1-2H3,(H,21,25). The second kappa shape index (κ2) is 7.13. The molecule has 1 N–H and O–H groups in total. The molecule has 1 fully saturated rings. The lowest BCUT2D eigenvalue weighted by atomic mass is 9.95. The van der Waals surface area contributed by atoms with Crippen molar-refractivity contribution in [3.63, 3.8) is 0 Å². The number of carbonyl (C=O) groups is 1. The second-order valence-corrected chi connectivity index (χ2v) is 6.60. The van der Waals surface area contributed by atoms with Crippen LogP contribution in [0.2, 0.25) is 0 Å². The SMILES string of the molecule is Cc1nn(C)c2nc(OCC(=O)NC3CCCCC3)cc(C(F)(F)F)c12. The number of hydrogen-bond acceptors (Lipinski definition) is 4. The molecule has 142 valence electrons. The van der Waals surface area contributed by atoms with Gasteiger partial charge in [0.05, 0.1) is 16.6 Å². The van der Waals surface area contributed by atoms with E-state index in [4.69, 9.17) is 4.74 Å². The lowest BCUT2D eigenvalue weighted by molar-refractivity contribution is -0.136. The van der Waals surface area contributed by atoms with Crippen LogP contribution >= 0.6 is 0 Å². The smallest absolute Gasteiger partial charge is 0.417 e. The van der Waals surface area contributed by atoms with Crippen LogP contribution in [-0.4, -0.2) is 33.3 Å². The Morgan fingerprint density at radius 3 is 2.69 bits per heavy atom. The number of aryl methyl sites for hydroxylation is 2. The number of nitrogens with zero attached hydrogens (tertiary/aromatic N) is 3. The van der Waals surface area contributed by atoms with Crippen molar-refractivity contribution >= 4 is 16.9 Å². The van der Waals surface area contributed by atoms with Crippen molar-refractivity contribution in [1.29, 1.82) is 0 Å². The number of rotatable bonds is 4. The molecule has 0 spiro atoms. The van der Waals surface area contributed by atoms with Crippen LogP contribution in [0, 0.1) is 6.92 Å². The van der Waals surface area contributed by atoms with Crippen LogP contribution in [0.25, 0.3) is 11.0 Å². The van der Waals surface area contributed by atoms with Gasteiger partial charge in [-0.25, -0.2) is 0 Å². The number of amides is 1. The highest BCUT2D eigenvalue weighted by atomic mass is 19.4. The minimum absolute atomic E-state index is 0.0565. The predicted octanol–water partition coefficient (Wildman–Crippen LogP) is 3.12. The molecule has 1 saturated carbocycles. The largest absolute Gasteiger partial charge is 0.467 e. The van der Waals surface area contributed by atoms with Gasteiger partial charge in [-0.2, -0.15) is 23.3 Å². The second-order valence-electron chi connectivity index (χ2n) is 6.60. The van der Waals surface area contributed by atoms with E-state index in [2.05, 4.69) is 15.4 Å². The Hall–Kier alpha value is -2.32. The quantitative estimate of drug-likeness (QED) is 0.898. The number of ether oxygens (including phenoxy) is 1. The van der Waals surface area contributed by atoms with Crippen LogP contribution < -0.4 is 10.1 Å². The third-order valence-electron chi connectivity index (χ3n) is 4.57. The van der Waals surface area contributed by atoms with Crippen LogP contribution in [0.1, 0.15) is 43.4 Å². The molecule has 0 saturated heterocycles. The fraction of sp³-hybridized carbons (Fsp3) is 0.588. The van der Waals surface area contributed by atoms with Crippen molar-refractivity contribution < 1.29 is 22.7 Å². The summed E-state index contributed by atoms with van der Waals surface area (Å²) in [5.74, 6) is -0.597. The minimum Gasteiger partial charge on any atom is -0.467 e. The van der Waals surface area contributed by atoms with Crippen molar-refractivity contribution in [2.75, 3.05) is 6.61 Å². The van der Waals surface area contributed by atoms with Gasteiger partial charge in [0.25, 0.3) is 5.91 Å². The molecule has 0 aliphatic heterocycles. The number of hydrogen-bond donors (Lipinski definition) is 1. The molecule has 2 aromatic rings. The molecule has 1 aliphatic carbocycles. The van der Waals surface area contributed by atoms with E-state index in [1.54, 1.807) is 0 Å². The Labute approximate surface area is 148 Å². The third-order valence-corrected chi connectivity index (χ3v) is 4.57. The molecule has 2 aromatic heterocycles. The van der Waals surface area contributed by atoms with Crippen LogP contribution in [0.4, 0.5) is 13.2 Å². The summed E-state index contributed by atoms with van der Waals surface area (Å²) in [5.41, 5.74) is -0.556. The molecule has 0 unspecified atom stereocenters. The van der Waals surface area contributed by atoms with E-state index in [0.717, 1.165) is 38.2 Å². The zero-order valence-electron chi connectivity index (χ0n) is 14.7. The first kappa shape index (κ1) is 18.5. The molecular formula is C17H21F3N4O2. The summed E-state index contributed by atoms with van der Waals surface area (Å²) in [5, 5.41) is 6.80. The van der Waals surface area contributed by atoms with Crippen molar-refractivity contribution in [3.8, 4) is 5.88 Å². The Morgan fingerprint density at radius 1 is 1.35 bits per heavy atom. The van der Waals surface area contributed by atoms with Gasteiger partial charge < -0.3 is 10.1 Å². The molecule has 3 rings (SSSR count). The van der Waals surface area contributed by atoms with Gasteiger partial charge in [-0.15, -0.1) is 0 Å². The fourth-order valence-electron chi connectivity index (χ4n) is 3.38. The summed E-state index contributed by atoms with van der Waals surface area (Å²) < 4.78 is 46.7. The zero-order chi connectivity index (χ0) is 18.9. The maximum Gasteiger partial charge on any atom is 0.417 e. The average Bonchev–Trinajstić information content (AvgIpc) is 2.87. The molecule has 26 heavy (non-hydrogen) atoms. The van der Waals surface area contributed by atoms with Gasteiger partial charge in [-0.05, 0) is 19.8 Å². The number of alkyl halides is 3.